The molecule has 0 spiro atoms. The summed E-state index contributed by atoms with van der Waals surface area (Å²) >= 11 is 0. The summed E-state index contributed by atoms with van der Waals surface area (Å²) in [6.45, 7) is 0.665. The van der Waals surface area contributed by atoms with Gasteiger partial charge in [0, 0.05) is 19.3 Å². The largest absolute Gasteiger partial charge is 0.372 e. The number of anilines is 1. The topological polar surface area (TPSA) is 53.6 Å². The molecule has 1 rings (SSSR count). The van der Waals surface area contributed by atoms with Crippen LogP contribution in [-0.2, 0) is 6.54 Å². The van der Waals surface area contributed by atoms with Gasteiger partial charge in [0.05, 0.1) is 19.0 Å². The van der Waals surface area contributed by atoms with Crippen LogP contribution in [0.15, 0.2) is 12.3 Å². The zero-order valence-corrected chi connectivity index (χ0v) is 6.41. The van der Waals surface area contributed by atoms with Gasteiger partial charge < -0.3 is 5.32 Å². The molecule has 0 aliphatic heterocycles. The molecule has 4 heteroatoms. The molecular formula is C7H10N4. The highest BCUT2D eigenvalue weighted by molar-refractivity contribution is 5.30. The zero-order chi connectivity index (χ0) is 8.10. The van der Waals surface area contributed by atoms with Crippen molar-refractivity contribution in [1.29, 1.82) is 5.26 Å². The van der Waals surface area contributed by atoms with Gasteiger partial charge >= 0.3 is 0 Å². The highest BCUT2D eigenvalue weighted by Gasteiger charge is 1.93. The van der Waals surface area contributed by atoms with E-state index in [2.05, 4.69) is 16.5 Å². The van der Waals surface area contributed by atoms with Crippen molar-refractivity contribution < 1.29 is 0 Å². The Labute approximate surface area is 65.4 Å². The fraction of sp³-hybridized carbons (Fsp3) is 0.429. The van der Waals surface area contributed by atoms with E-state index >= 15 is 0 Å². The summed E-state index contributed by atoms with van der Waals surface area (Å²) in [6.07, 6.45) is 2.36. The van der Waals surface area contributed by atoms with E-state index in [1.54, 1.807) is 4.68 Å². The maximum absolute atomic E-state index is 8.28. The average Bonchev–Trinajstić information content (AvgIpc) is 2.48. The molecule has 0 bridgehead atoms. The second-order valence-electron chi connectivity index (χ2n) is 2.12. The van der Waals surface area contributed by atoms with Crippen molar-refractivity contribution in [3.63, 3.8) is 0 Å². The molecule has 1 heterocycles. The van der Waals surface area contributed by atoms with Crippen molar-refractivity contribution in [3.8, 4) is 6.07 Å². The lowest BCUT2D eigenvalue weighted by Gasteiger charge is -1.94. The maximum Gasteiger partial charge on any atom is 0.147 e. The van der Waals surface area contributed by atoms with Gasteiger partial charge in [-0.05, 0) is 0 Å². The smallest absolute Gasteiger partial charge is 0.147 e. The number of nitrogens with zero attached hydrogens (tertiary/aromatic N) is 3. The van der Waals surface area contributed by atoms with Crippen LogP contribution in [0.4, 0.5) is 5.82 Å². The first-order valence-corrected chi connectivity index (χ1v) is 3.45. The van der Waals surface area contributed by atoms with Crippen LogP contribution in [0.1, 0.15) is 6.42 Å². The van der Waals surface area contributed by atoms with Crippen molar-refractivity contribution >= 4 is 5.82 Å². The molecule has 1 aromatic heterocycles. The molecule has 11 heavy (non-hydrogen) atoms. The lowest BCUT2D eigenvalue weighted by Crippen LogP contribution is -1.98. The monoisotopic (exact) mass is 150 g/mol. The number of aromatic nitrogens is 2. The van der Waals surface area contributed by atoms with Crippen molar-refractivity contribution in [1.82, 2.24) is 9.78 Å². The summed E-state index contributed by atoms with van der Waals surface area (Å²) in [5.74, 6) is 0.836. The predicted molar refractivity (Wildman–Crippen MR) is 42.0 cm³/mol. The third-order valence-electron chi connectivity index (χ3n) is 1.35. The van der Waals surface area contributed by atoms with Crippen LogP contribution >= 0.6 is 0 Å². The Kier molecular flexibility index (Phi) is 2.50. The number of rotatable bonds is 3. The molecular weight excluding hydrogens is 140 g/mol. The van der Waals surface area contributed by atoms with Crippen molar-refractivity contribution in [3.05, 3.63) is 12.3 Å². The van der Waals surface area contributed by atoms with Crippen molar-refractivity contribution in [2.24, 2.45) is 0 Å². The van der Waals surface area contributed by atoms with E-state index in [4.69, 9.17) is 5.26 Å². The van der Waals surface area contributed by atoms with Crippen LogP contribution < -0.4 is 5.32 Å². The molecule has 1 aromatic rings. The number of hydrogen-bond donors (Lipinski definition) is 1. The van der Waals surface area contributed by atoms with E-state index in [0.29, 0.717) is 13.0 Å². The SMILES string of the molecule is CNc1ccn(CCC#N)n1. The fourth-order valence-electron chi connectivity index (χ4n) is 0.784. The summed E-state index contributed by atoms with van der Waals surface area (Å²) in [5.41, 5.74) is 0. The van der Waals surface area contributed by atoms with Gasteiger partial charge in [-0.1, -0.05) is 0 Å². The minimum absolute atomic E-state index is 0.505. The Hall–Kier alpha value is -1.50. The Bertz CT molecular complexity index is 258. The summed E-state index contributed by atoms with van der Waals surface area (Å²) in [6, 6.07) is 3.93. The summed E-state index contributed by atoms with van der Waals surface area (Å²) in [7, 11) is 1.82. The molecule has 0 atom stereocenters. The fourth-order valence-corrected chi connectivity index (χ4v) is 0.784. The minimum atomic E-state index is 0.505. The molecule has 0 saturated carbocycles. The normalized spacial score (nSPS) is 9.09. The highest BCUT2D eigenvalue weighted by Crippen LogP contribution is 2.00. The average molecular weight is 150 g/mol. The van der Waals surface area contributed by atoms with Gasteiger partial charge in [0.1, 0.15) is 5.82 Å². The van der Waals surface area contributed by atoms with Gasteiger partial charge in [-0.25, -0.2) is 0 Å². The molecule has 1 N–H and O–H groups in total. The molecule has 0 radical (unpaired) electrons. The van der Waals surface area contributed by atoms with Gasteiger partial charge in [0.2, 0.25) is 0 Å². The second-order valence-corrected chi connectivity index (χ2v) is 2.12. The van der Waals surface area contributed by atoms with E-state index in [9.17, 15) is 0 Å². The molecule has 58 valence electrons. The molecule has 0 aromatic carbocycles. The van der Waals surface area contributed by atoms with E-state index < -0.39 is 0 Å². The standard InChI is InChI=1S/C7H10N4/c1-9-7-3-6-11(10-7)5-2-4-8/h3,6H,2,5H2,1H3,(H,9,10). The lowest BCUT2D eigenvalue weighted by molar-refractivity contribution is 0.630. The van der Waals surface area contributed by atoms with Gasteiger partial charge in [-0.2, -0.15) is 10.4 Å². The minimum Gasteiger partial charge on any atom is -0.372 e. The zero-order valence-electron chi connectivity index (χ0n) is 6.41. The summed E-state index contributed by atoms with van der Waals surface area (Å²) < 4.78 is 1.75. The predicted octanol–water partition coefficient (Wildman–Crippen LogP) is 0.838. The first-order chi connectivity index (χ1) is 5.36. The Morgan fingerprint density at radius 1 is 1.82 bits per heavy atom. The molecule has 0 aliphatic rings. The third kappa shape index (κ3) is 1.97. The van der Waals surface area contributed by atoms with Crippen LogP contribution in [-0.4, -0.2) is 16.8 Å². The summed E-state index contributed by atoms with van der Waals surface area (Å²) in [4.78, 5) is 0. The van der Waals surface area contributed by atoms with Crippen LogP contribution in [0, 0.1) is 11.3 Å². The second kappa shape index (κ2) is 3.62. The van der Waals surface area contributed by atoms with Crippen LogP contribution in [0.5, 0.6) is 0 Å². The van der Waals surface area contributed by atoms with Crippen LogP contribution in [0.25, 0.3) is 0 Å². The van der Waals surface area contributed by atoms with E-state index in [1.807, 2.05) is 19.3 Å². The van der Waals surface area contributed by atoms with Crippen molar-refractivity contribution in [2.45, 2.75) is 13.0 Å². The van der Waals surface area contributed by atoms with Gasteiger partial charge in [0.15, 0.2) is 0 Å². The third-order valence-corrected chi connectivity index (χ3v) is 1.35. The van der Waals surface area contributed by atoms with E-state index in [0.717, 1.165) is 5.82 Å². The molecule has 0 amide bonds. The first-order valence-electron chi connectivity index (χ1n) is 3.45. The quantitative estimate of drug-likeness (QED) is 0.694. The van der Waals surface area contributed by atoms with Crippen LogP contribution in [0.2, 0.25) is 0 Å². The molecule has 0 aliphatic carbocycles. The van der Waals surface area contributed by atoms with Gasteiger partial charge in [0.25, 0.3) is 0 Å². The Balaban J connectivity index is 2.53. The number of aryl methyl sites for hydroxylation is 1. The Morgan fingerprint density at radius 3 is 3.18 bits per heavy atom. The molecule has 0 fully saturated rings. The van der Waals surface area contributed by atoms with E-state index in [1.165, 1.54) is 0 Å². The van der Waals surface area contributed by atoms with Gasteiger partial charge in [-0.15, -0.1) is 0 Å². The number of nitrogens with one attached hydrogen (secondary N) is 1. The van der Waals surface area contributed by atoms with E-state index in [-0.39, 0.29) is 0 Å². The molecule has 0 unspecified atom stereocenters. The highest BCUT2D eigenvalue weighted by atomic mass is 15.3. The molecule has 0 saturated heterocycles. The maximum atomic E-state index is 8.28. The van der Waals surface area contributed by atoms with Crippen LogP contribution in [0.3, 0.4) is 0 Å². The number of nitriles is 1. The molecule has 4 nitrogen and oxygen atoms in total. The lowest BCUT2D eigenvalue weighted by atomic mass is 10.5. The summed E-state index contributed by atoms with van der Waals surface area (Å²) in [5, 5.41) is 15.3. The Morgan fingerprint density at radius 2 is 2.64 bits per heavy atom. The van der Waals surface area contributed by atoms with Crippen molar-refractivity contribution in [2.75, 3.05) is 12.4 Å². The van der Waals surface area contributed by atoms with Gasteiger partial charge in [-0.3, -0.25) is 4.68 Å². The number of hydrogen-bond acceptors (Lipinski definition) is 3. The first kappa shape index (κ1) is 7.61.